The average Bonchev–Trinajstić information content (AvgIpc) is 3.54. The van der Waals surface area contributed by atoms with Gasteiger partial charge in [-0.15, -0.1) is 0 Å². The summed E-state index contributed by atoms with van der Waals surface area (Å²) in [4.78, 5) is 27.6. The Morgan fingerprint density at radius 3 is 1.45 bits per heavy atom. The summed E-state index contributed by atoms with van der Waals surface area (Å²) in [5.74, 6) is 1.08. The number of hydrogen-bond donors (Lipinski definition) is 0. The standard InChI is InChI=1S/C44H85NO4/c1-5-8-11-14-17-20-23-26-31-41(39-49-44(47)42-35-36-45(4)38-42)32-27-34-43(46)48-37-28-33-40(29-24-21-18-15-12-9-6-2)30-25-22-19-16-13-10-7-3/h40-42H,5-39H2,1-4H3. The first-order chi connectivity index (χ1) is 24.0. The lowest BCUT2D eigenvalue weighted by Crippen LogP contribution is -2.24. The van der Waals surface area contributed by atoms with Crippen LogP contribution in [-0.4, -0.2) is 50.2 Å². The van der Waals surface area contributed by atoms with Crippen LogP contribution >= 0.6 is 0 Å². The van der Waals surface area contributed by atoms with Gasteiger partial charge in [0.15, 0.2) is 0 Å². The van der Waals surface area contributed by atoms with Crippen molar-refractivity contribution in [3.8, 4) is 0 Å². The van der Waals surface area contributed by atoms with E-state index in [9.17, 15) is 9.59 Å². The molecule has 0 N–H and O–H groups in total. The molecule has 5 heteroatoms. The molecule has 1 aliphatic heterocycles. The number of carbonyl (C=O) groups excluding carboxylic acids is 2. The first-order valence-corrected chi connectivity index (χ1v) is 22.0. The second-order valence-corrected chi connectivity index (χ2v) is 15.9. The summed E-state index contributed by atoms with van der Waals surface area (Å²) >= 11 is 0. The Labute approximate surface area is 306 Å². The lowest BCUT2D eigenvalue weighted by Gasteiger charge is -2.19. The van der Waals surface area contributed by atoms with Crippen molar-refractivity contribution in [3.05, 3.63) is 0 Å². The highest BCUT2D eigenvalue weighted by Gasteiger charge is 2.28. The third kappa shape index (κ3) is 28.2. The van der Waals surface area contributed by atoms with E-state index in [2.05, 4.69) is 32.7 Å². The smallest absolute Gasteiger partial charge is 0.310 e. The van der Waals surface area contributed by atoms with E-state index in [-0.39, 0.29) is 17.9 Å². The second-order valence-electron chi connectivity index (χ2n) is 15.9. The molecule has 5 nitrogen and oxygen atoms in total. The van der Waals surface area contributed by atoms with Gasteiger partial charge in [-0.1, -0.05) is 175 Å². The minimum absolute atomic E-state index is 0.0226. The molecular weight excluding hydrogens is 606 g/mol. The average molecular weight is 692 g/mol. The fraction of sp³-hybridized carbons (Fsp3) is 0.955. The summed E-state index contributed by atoms with van der Waals surface area (Å²) in [6, 6.07) is 0. The van der Waals surface area contributed by atoms with Gasteiger partial charge in [0.2, 0.25) is 0 Å². The zero-order chi connectivity index (χ0) is 35.6. The highest BCUT2D eigenvalue weighted by atomic mass is 16.5. The fourth-order valence-corrected chi connectivity index (χ4v) is 7.70. The molecule has 2 atom stereocenters. The molecule has 0 aromatic carbocycles. The van der Waals surface area contributed by atoms with Crippen LogP contribution < -0.4 is 0 Å². The number of nitrogens with zero attached hydrogens (tertiary/aromatic N) is 1. The van der Waals surface area contributed by atoms with Crippen molar-refractivity contribution in [2.24, 2.45) is 17.8 Å². The van der Waals surface area contributed by atoms with Crippen LogP contribution in [0, 0.1) is 17.8 Å². The lowest BCUT2D eigenvalue weighted by molar-refractivity contribution is -0.150. The number of unbranched alkanes of at least 4 members (excludes halogenated alkanes) is 19. The maximum atomic E-state index is 12.7. The van der Waals surface area contributed by atoms with E-state index < -0.39 is 0 Å². The summed E-state index contributed by atoms with van der Waals surface area (Å²) in [7, 11) is 2.07. The van der Waals surface area contributed by atoms with E-state index in [0.29, 0.717) is 25.6 Å². The van der Waals surface area contributed by atoms with E-state index in [1.54, 1.807) is 0 Å². The van der Waals surface area contributed by atoms with Crippen molar-refractivity contribution in [2.45, 2.75) is 220 Å². The van der Waals surface area contributed by atoms with Crippen LogP contribution in [0.4, 0.5) is 0 Å². The van der Waals surface area contributed by atoms with E-state index >= 15 is 0 Å². The van der Waals surface area contributed by atoms with Crippen LogP contribution in [0.15, 0.2) is 0 Å². The van der Waals surface area contributed by atoms with Gasteiger partial charge in [-0.05, 0) is 64.0 Å². The number of carbonyl (C=O) groups is 2. The van der Waals surface area contributed by atoms with Crippen LogP contribution in [0.5, 0.6) is 0 Å². The third-order valence-electron chi connectivity index (χ3n) is 11.1. The van der Waals surface area contributed by atoms with Gasteiger partial charge in [-0.25, -0.2) is 0 Å². The van der Waals surface area contributed by atoms with Crippen molar-refractivity contribution in [1.82, 2.24) is 4.90 Å². The van der Waals surface area contributed by atoms with Gasteiger partial charge in [0.25, 0.3) is 0 Å². The largest absolute Gasteiger partial charge is 0.466 e. The van der Waals surface area contributed by atoms with Gasteiger partial charge in [-0.2, -0.15) is 0 Å². The molecule has 0 spiro atoms. The summed E-state index contributed by atoms with van der Waals surface area (Å²) in [6.45, 7) is 9.71. The molecule has 1 heterocycles. The topological polar surface area (TPSA) is 55.8 Å². The predicted molar refractivity (Wildman–Crippen MR) is 210 cm³/mol. The molecule has 0 amide bonds. The van der Waals surface area contributed by atoms with Gasteiger partial charge in [-0.3, -0.25) is 9.59 Å². The Morgan fingerprint density at radius 1 is 0.551 bits per heavy atom. The Hall–Kier alpha value is -1.10. The molecule has 0 aliphatic carbocycles. The van der Waals surface area contributed by atoms with Gasteiger partial charge >= 0.3 is 11.9 Å². The summed E-state index contributed by atoms with van der Waals surface area (Å²) in [6.07, 6.45) is 38.8. The Morgan fingerprint density at radius 2 is 0.980 bits per heavy atom. The van der Waals surface area contributed by atoms with Crippen LogP contribution in [0.3, 0.4) is 0 Å². The predicted octanol–water partition coefficient (Wildman–Crippen LogP) is 13.0. The van der Waals surface area contributed by atoms with E-state index in [1.807, 2.05) is 0 Å². The van der Waals surface area contributed by atoms with Gasteiger partial charge in [0.05, 0.1) is 19.1 Å². The molecule has 1 saturated heterocycles. The molecule has 0 bridgehead atoms. The summed E-state index contributed by atoms with van der Waals surface area (Å²) in [5.41, 5.74) is 0. The Balaban J connectivity index is 2.37. The van der Waals surface area contributed by atoms with E-state index in [0.717, 1.165) is 51.1 Å². The monoisotopic (exact) mass is 692 g/mol. The highest BCUT2D eigenvalue weighted by Crippen LogP contribution is 2.25. The van der Waals surface area contributed by atoms with Crippen LogP contribution in [-0.2, 0) is 19.1 Å². The maximum absolute atomic E-state index is 12.7. The molecular formula is C44H85NO4. The number of hydrogen-bond acceptors (Lipinski definition) is 5. The first kappa shape index (κ1) is 45.9. The second kappa shape index (κ2) is 34.0. The van der Waals surface area contributed by atoms with E-state index in [1.165, 1.54) is 161 Å². The first-order valence-electron chi connectivity index (χ1n) is 22.0. The number of esters is 2. The SMILES string of the molecule is CCCCCCCCCCC(CCCC(=O)OCCCC(CCCCCCCCC)CCCCCCCCC)COC(=O)C1CCN(C)C1. The van der Waals surface area contributed by atoms with Crippen molar-refractivity contribution < 1.29 is 19.1 Å². The maximum Gasteiger partial charge on any atom is 0.310 e. The minimum atomic E-state index is -0.0486. The molecule has 1 aliphatic rings. The van der Waals surface area contributed by atoms with Gasteiger partial charge < -0.3 is 14.4 Å². The summed E-state index contributed by atoms with van der Waals surface area (Å²) < 4.78 is 11.6. The molecule has 2 unspecified atom stereocenters. The number of rotatable bonds is 36. The van der Waals surface area contributed by atoms with Gasteiger partial charge in [0.1, 0.15) is 0 Å². The van der Waals surface area contributed by atoms with Crippen molar-refractivity contribution in [2.75, 3.05) is 33.4 Å². The molecule has 49 heavy (non-hydrogen) atoms. The Bertz CT molecular complexity index is 724. The van der Waals surface area contributed by atoms with E-state index in [4.69, 9.17) is 9.47 Å². The zero-order valence-corrected chi connectivity index (χ0v) is 33.6. The highest BCUT2D eigenvalue weighted by molar-refractivity contribution is 5.73. The van der Waals surface area contributed by atoms with Crippen molar-refractivity contribution in [1.29, 1.82) is 0 Å². The molecule has 0 aromatic rings. The fourth-order valence-electron chi connectivity index (χ4n) is 7.70. The lowest BCUT2D eigenvalue weighted by atomic mass is 9.90. The molecule has 0 radical (unpaired) electrons. The van der Waals surface area contributed by atoms with Crippen molar-refractivity contribution in [3.63, 3.8) is 0 Å². The minimum Gasteiger partial charge on any atom is -0.466 e. The number of likely N-dealkylation sites (tertiary alicyclic amines) is 1. The molecule has 290 valence electrons. The quantitative estimate of drug-likeness (QED) is 0.0483. The van der Waals surface area contributed by atoms with Crippen LogP contribution in [0.1, 0.15) is 220 Å². The molecule has 1 fully saturated rings. The molecule has 0 aromatic heterocycles. The normalized spacial score (nSPS) is 15.7. The molecule has 0 saturated carbocycles. The van der Waals surface area contributed by atoms with Crippen LogP contribution in [0.2, 0.25) is 0 Å². The number of ether oxygens (including phenoxy) is 2. The third-order valence-corrected chi connectivity index (χ3v) is 11.1. The van der Waals surface area contributed by atoms with Gasteiger partial charge in [0, 0.05) is 13.0 Å². The Kier molecular flexibility index (Phi) is 31.9. The van der Waals surface area contributed by atoms with Crippen LogP contribution in [0.25, 0.3) is 0 Å². The molecule has 1 rings (SSSR count). The summed E-state index contributed by atoms with van der Waals surface area (Å²) in [5, 5.41) is 0. The van der Waals surface area contributed by atoms with Crippen molar-refractivity contribution >= 4 is 11.9 Å². The zero-order valence-electron chi connectivity index (χ0n) is 33.6.